The van der Waals surface area contributed by atoms with Crippen molar-refractivity contribution in [3.8, 4) is 17.2 Å². The molecule has 30 heavy (non-hydrogen) atoms. The molecule has 3 aromatic rings. The van der Waals surface area contributed by atoms with Crippen LogP contribution in [0, 0.1) is 0 Å². The minimum absolute atomic E-state index is 0.263. The Balaban J connectivity index is 1.71. The molecule has 0 bridgehead atoms. The molecule has 0 unspecified atom stereocenters. The van der Waals surface area contributed by atoms with Crippen LogP contribution in [0.2, 0.25) is 5.02 Å². The van der Waals surface area contributed by atoms with Gasteiger partial charge in [0.25, 0.3) is 5.91 Å². The molecule has 0 saturated carbocycles. The zero-order valence-electron chi connectivity index (χ0n) is 16.1. The van der Waals surface area contributed by atoms with Crippen molar-refractivity contribution < 1.29 is 23.8 Å². The van der Waals surface area contributed by atoms with Gasteiger partial charge < -0.3 is 19.5 Å². The van der Waals surface area contributed by atoms with E-state index in [0.29, 0.717) is 57.9 Å². The summed E-state index contributed by atoms with van der Waals surface area (Å²) in [6.45, 7) is 0.781. The van der Waals surface area contributed by atoms with Crippen LogP contribution in [0.15, 0.2) is 60.7 Å². The highest BCUT2D eigenvalue weighted by atomic mass is 35.5. The van der Waals surface area contributed by atoms with E-state index in [1.165, 1.54) is 0 Å². The third kappa shape index (κ3) is 4.09. The molecular weight excluding hydrogens is 406 g/mol. The average molecular weight is 424 g/mol. The SMILES string of the molecule is COc1ccc(C(=O)c2cc3c(cc2NC(=O)c2ccc(Cl)cc2)OCCO3)cc1. The van der Waals surface area contributed by atoms with Gasteiger partial charge in [-0.15, -0.1) is 0 Å². The van der Waals surface area contributed by atoms with Crippen LogP contribution in [0.3, 0.4) is 0 Å². The summed E-state index contributed by atoms with van der Waals surface area (Å²) in [4.78, 5) is 25.9. The number of carbonyl (C=O) groups excluding carboxylic acids is 2. The second-order valence-electron chi connectivity index (χ2n) is 6.56. The van der Waals surface area contributed by atoms with Crippen LogP contribution in [0.1, 0.15) is 26.3 Å². The van der Waals surface area contributed by atoms with Gasteiger partial charge in [0.1, 0.15) is 19.0 Å². The highest BCUT2D eigenvalue weighted by Crippen LogP contribution is 2.37. The number of hydrogen-bond donors (Lipinski definition) is 1. The first kappa shape index (κ1) is 19.8. The largest absolute Gasteiger partial charge is 0.497 e. The van der Waals surface area contributed by atoms with Crippen LogP contribution in [0.4, 0.5) is 5.69 Å². The molecule has 0 aliphatic carbocycles. The van der Waals surface area contributed by atoms with Crippen LogP contribution in [-0.4, -0.2) is 32.0 Å². The fourth-order valence-corrected chi connectivity index (χ4v) is 3.20. The van der Waals surface area contributed by atoms with Crippen LogP contribution < -0.4 is 19.5 Å². The van der Waals surface area contributed by atoms with Crippen molar-refractivity contribution in [2.45, 2.75) is 0 Å². The van der Waals surface area contributed by atoms with Gasteiger partial charge in [0.15, 0.2) is 17.3 Å². The highest BCUT2D eigenvalue weighted by molar-refractivity contribution is 6.30. The number of ketones is 1. The molecule has 0 fully saturated rings. The molecule has 0 aromatic heterocycles. The van der Waals surface area contributed by atoms with E-state index in [1.54, 1.807) is 67.8 Å². The standard InChI is InChI=1S/C23H18ClNO5/c1-28-17-8-4-14(5-9-17)22(26)18-12-20-21(30-11-10-29-20)13-19(18)25-23(27)15-2-6-16(24)7-3-15/h2-9,12-13H,10-11H2,1H3,(H,25,27). The summed E-state index contributed by atoms with van der Waals surface area (Å²) in [6.07, 6.45) is 0. The van der Waals surface area contributed by atoms with Crippen LogP contribution in [0.25, 0.3) is 0 Å². The van der Waals surface area contributed by atoms with Crippen molar-refractivity contribution in [2.24, 2.45) is 0 Å². The summed E-state index contributed by atoms with van der Waals surface area (Å²) in [5.74, 6) is 0.944. The van der Waals surface area contributed by atoms with E-state index in [-0.39, 0.29) is 11.7 Å². The lowest BCUT2D eigenvalue weighted by Gasteiger charge is -2.21. The van der Waals surface area contributed by atoms with Crippen molar-refractivity contribution in [1.82, 2.24) is 0 Å². The lowest BCUT2D eigenvalue weighted by molar-refractivity contribution is 0.102. The first-order valence-corrected chi connectivity index (χ1v) is 9.62. The summed E-state index contributed by atoms with van der Waals surface area (Å²) < 4.78 is 16.4. The molecule has 1 amide bonds. The van der Waals surface area contributed by atoms with Crippen molar-refractivity contribution >= 4 is 29.0 Å². The Morgan fingerprint density at radius 1 is 0.900 bits per heavy atom. The predicted octanol–water partition coefficient (Wildman–Crippen LogP) is 4.60. The number of rotatable bonds is 5. The van der Waals surface area contributed by atoms with E-state index in [0.717, 1.165) is 0 Å². The summed E-state index contributed by atoms with van der Waals surface area (Å²) in [5.41, 5.74) is 1.50. The number of ether oxygens (including phenoxy) is 3. The number of amides is 1. The molecule has 3 aromatic carbocycles. The molecule has 0 atom stereocenters. The zero-order valence-corrected chi connectivity index (χ0v) is 16.9. The second kappa shape index (κ2) is 8.47. The van der Waals surface area contributed by atoms with Gasteiger partial charge in [-0.25, -0.2) is 0 Å². The predicted molar refractivity (Wildman–Crippen MR) is 113 cm³/mol. The van der Waals surface area contributed by atoms with Crippen molar-refractivity contribution in [3.63, 3.8) is 0 Å². The number of halogens is 1. The molecule has 0 saturated heterocycles. The maximum Gasteiger partial charge on any atom is 0.255 e. The number of benzene rings is 3. The summed E-state index contributed by atoms with van der Waals surface area (Å²) in [6, 6.07) is 16.4. The maximum atomic E-state index is 13.2. The molecule has 1 N–H and O–H groups in total. The van der Waals surface area contributed by atoms with E-state index in [1.807, 2.05) is 0 Å². The van der Waals surface area contributed by atoms with Crippen molar-refractivity contribution in [1.29, 1.82) is 0 Å². The van der Waals surface area contributed by atoms with Gasteiger partial charge >= 0.3 is 0 Å². The van der Waals surface area contributed by atoms with Crippen LogP contribution >= 0.6 is 11.6 Å². The van der Waals surface area contributed by atoms with Gasteiger partial charge in [0, 0.05) is 22.2 Å². The molecule has 0 radical (unpaired) electrons. The monoisotopic (exact) mass is 423 g/mol. The number of nitrogens with one attached hydrogen (secondary N) is 1. The van der Waals surface area contributed by atoms with E-state index < -0.39 is 0 Å². The quantitative estimate of drug-likeness (QED) is 0.607. The Morgan fingerprint density at radius 3 is 2.13 bits per heavy atom. The molecule has 0 spiro atoms. The third-order valence-corrected chi connectivity index (χ3v) is 4.89. The van der Waals surface area contributed by atoms with E-state index >= 15 is 0 Å². The van der Waals surface area contributed by atoms with Crippen LogP contribution in [0.5, 0.6) is 17.2 Å². The number of fused-ring (bicyclic) bond motifs is 1. The smallest absolute Gasteiger partial charge is 0.255 e. The zero-order chi connectivity index (χ0) is 21.1. The third-order valence-electron chi connectivity index (χ3n) is 4.63. The van der Waals surface area contributed by atoms with E-state index in [9.17, 15) is 9.59 Å². The molecule has 1 heterocycles. The number of carbonyl (C=O) groups is 2. The normalized spacial score (nSPS) is 12.2. The molecule has 1 aliphatic heterocycles. The lowest BCUT2D eigenvalue weighted by Crippen LogP contribution is -2.19. The van der Waals surface area contributed by atoms with Gasteiger partial charge in [-0.3, -0.25) is 9.59 Å². The number of anilines is 1. The fourth-order valence-electron chi connectivity index (χ4n) is 3.07. The average Bonchev–Trinajstić information content (AvgIpc) is 2.78. The first-order chi connectivity index (χ1) is 14.5. The van der Waals surface area contributed by atoms with Crippen molar-refractivity contribution in [2.75, 3.05) is 25.6 Å². The Bertz CT molecular complexity index is 1090. The van der Waals surface area contributed by atoms with Gasteiger partial charge in [0.2, 0.25) is 0 Å². The molecule has 7 heteroatoms. The van der Waals surface area contributed by atoms with Crippen molar-refractivity contribution in [3.05, 3.63) is 82.4 Å². The van der Waals surface area contributed by atoms with Crippen LogP contribution in [-0.2, 0) is 0 Å². The molecule has 1 aliphatic rings. The number of methoxy groups -OCH3 is 1. The summed E-state index contributed by atoms with van der Waals surface area (Å²) in [5, 5.41) is 3.34. The molecule has 6 nitrogen and oxygen atoms in total. The lowest BCUT2D eigenvalue weighted by atomic mass is 10.00. The first-order valence-electron chi connectivity index (χ1n) is 9.24. The summed E-state index contributed by atoms with van der Waals surface area (Å²) in [7, 11) is 1.56. The highest BCUT2D eigenvalue weighted by Gasteiger charge is 2.22. The second-order valence-corrected chi connectivity index (χ2v) is 7.00. The van der Waals surface area contributed by atoms with Gasteiger partial charge in [-0.1, -0.05) is 11.6 Å². The minimum Gasteiger partial charge on any atom is -0.497 e. The van der Waals surface area contributed by atoms with Gasteiger partial charge in [-0.05, 0) is 54.6 Å². The van der Waals surface area contributed by atoms with Gasteiger partial charge in [0.05, 0.1) is 18.4 Å². The Morgan fingerprint density at radius 2 is 1.50 bits per heavy atom. The molecule has 152 valence electrons. The fraction of sp³-hybridized carbons (Fsp3) is 0.130. The Hall–Kier alpha value is -3.51. The van der Waals surface area contributed by atoms with E-state index in [4.69, 9.17) is 25.8 Å². The van der Waals surface area contributed by atoms with Gasteiger partial charge in [-0.2, -0.15) is 0 Å². The molecule has 4 rings (SSSR count). The Kier molecular flexibility index (Phi) is 5.59. The Labute approximate surface area is 178 Å². The van der Waals surface area contributed by atoms with E-state index in [2.05, 4.69) is 5.32 Å². The number of hydrogen-bond acceptors (Lipinski definition) is 5. The maximum absolute atomic E-state index is 13.2. The molecular formula is C23H18ClNO5. The minimum atomic E-state index is -0.368. The topological polar surface area (TPSA) is 73.9 Å². The summed E-state index contributed by atoms with van der Waals surface area (Å²) >= 11 is 5.90.